The lowest BCUT2D eigenvalue weighted by Gasteiger charge is -2.30. The highest BCUT2D eigenvalue weighted by Gasteiger charge is 2.52. The predicted molar refractivity (Wildman–Crippen MR) is 93.6 cm³/mol. The van der Waals surface area contributed by atoms with Crippen LogP contribution < -0.4 is 5.32 Å². The molecule has 2 aliphatic rings. The van der Waals surface area contributed by atoms with Crippen LogP contribution in [-0.4, -0.2) is 16.8 Å². The smallest absolute Gasteiger partial charge is 0.261 e. The lowest BCUT2D eigenvalue weighted by atomic mass is 9.75. The van der Waals surface area contributed by atoms with Gasteiger partial charge < -0.3 is 10.4 Å². The molecule has 0 bridgehead atoms. The number of anilines is 1. The van der Waals surface area contributed by atoms with E-state index in [0.29, 0.717) is 24.1 Å². The summed E-state index contributed by atoms with van der Waals surface area (Å²) in [5.74, 6) is -1.06. The average molecular weight is 329 g/mol. The molecule has 2 atom stereocenters. The summed E-state index contributed by atoms with van der Waals surface area (Å²) < 4.78 is 0. The van der Waals surface area contributed by atoms with E-state index >= 15 is 0 Å². The molecule has 1 aromatic carbocycles. The molecule has 3 rings (SSSR count). The highest BCUT2D eigenvalue weighted by molar-refractivity contribution is 6.07. The molecular formula is C20H27NO3. The summed E-state index contributed by atoms with van der Waals surface area (Å²) in [5.41, 5.74) is -0.526. The highest BCUT2D eigenvalue weighted by atomic mass is 16.3. The first-order valence-corrected chi connectivity index (χ1v) is 9.30. The minimum absolute atomic E-state index is 0.0323. The molecule has 4 nitrogen and oxygen atoms in total. The molecular weight excluding hydrogens is 302 g/mol. The van der Waals surface area contributed by atoms with E-state index in [1.807, 2.05) is 12.1 Å². The first-order valence-electron chi connectivity index (χ1n) is 9.30. The Morgan fingerprint density at radius 3 is 2.29 bits per heavy atom. The number of hydrogen-bond donors (Lipinski definition) is 2. The van der Waals surface area contributed by atoms with Crippen LogP contribution in [0.2, 0.25) is 0 Å². The van der Waals surface area contributed by atoms with Gasteiger partial charge in [0.2, 0.25) is 0 Å². The Kier molecular flexibility index (Phi) is 5.34. The number of nitrogens with one attached hydrogen (secondary N) is 1. The number of hydrogen-bond acceptors (Lipinski definition) is 3. The lowest BCUT2D eigenvalue weighted by Crippen LogP contribution is -2.45. The molecule has 0 aromatic heterocycles. The summed E-state index contributed by atoms with van der Waals surface area (Å²) in [6, 6.07) is 7.18. The lowest BCUT2D eigenvalue weighted by molar-refractivity contribution is -0.149. The van der Waals surface area contributed by atoms with Crippen LogP contribution in [0.1, 0.15) is 69.8 Å². The van der Waals surface area contributed by atoms with Gasteiger partial charge >= 0.3 is 0 Å². The van der Waals surface area contributed by atoms with Gasteiger partial charge in [0.05, 0.1) is 5.92 Å². The molecule has 1 amide bonds. The van der Waals surface area contributed by atoms with Gasteiger partial charge in [-0.15, -0.1) is 0 Å². The molecule has 0 spiro atoms. The van der Waals surface area contributed by atoms with Gasteiger partial charge in [-0.25, -0.2) is 0 Å². The molecule has 0 saturated heterocycles. The summed E-state index contributed by atoms with van der Waals surface area (Å²) in [4.78, 5) is 25.4. The number of amides is 1. The number of fused-ring (bicyclic) bond motifs is 1. The van der Waals surface area contributed by atoms with E-state index in [1.165, 1.54) is 25.7 Å². The summed E-state index contributed by atoms with van der Waals surface area (Å²) >= 11 is 0. The number of benzene rings is 1. The molecule has 1 heterocycles. The van der Waals surface area contributed by atoms with Gasteiger partial charge in [-0.05, 0) is 18.9 Å². The van der Waals surface area contributed by atoms with E-state index in [-0.39, 0.29) is 5.78 Å². The highest BCUT2D eigenvalue weighted by Crippen LogP contribution is 2.43. The zero-order valence-electron chi connectivity index (χ0n) is 14.2. The van der Waals surface area contributed by atoms with Crippen LogP contribution in [0, 0.1) is 5.92 Å². The van der Waals surface area contributed by atoms with Gasteiger partial charge in [0.15, 0.2) is 5.60 Å². The Hall–Kier alpha value is -1.68. The van der Waals surface area contributed by atoms with Crippen molar-refractivity contribution in [3.8, 4) is 0 Å². The maximum Gasteiger partial charge on any atom is 0.261 e. The Labute approximate surface area is 143 Å². The maximum absolute atomic E-state index is 12.8. The fraction of sp³-hybridized carbons (Fsp3) is 0.600. The Morgan fingerprint density at radius 1 is 0.917 bits per heavy atom. The van der Waals surface area contributed by atoms with Gasteiger partial charge in [0.25, 0.3) is 5.91 Å². The summed E-state index contributed by atoms with van der Waals surface area (Å²) in [6.07, 6.45) is 9.72. The third-order valence-electron chi connectivity index (χ3n) is 5.49. The van der Waals surface area contributed by atoms with E-state index in [1.54, 1.807) is 12.1 Å². The minimum atomic E-state index is -1.71. The topological polar surface area (TPSA) is 66.4 Å². The van der Waals surface area contributed by atoms with Crippen LogP contribution in [0.25, 0.3) is 0 Å². The van der Waals surface area contributed by atoms with Crippen molar-refractivity contribution in [2.45, 2.75) is 69.8 Å². The fourth-order valence-electron chi connectivity index (χ4n) is 4.10. The van der Waals surface area contributed by atoms with Crippen LogP contribution in [0.3, 0.4) is 0 Å². The normalized spacial score (nSPS) is 29.3. The number of carbonyl (C=O) groups excluding carboxylic acids is 2. The number of para-hydroxylation sites is 1. The van der Waals surface area contributed by atoms with E-state index in [0.717, 1.165) is 25.7 Å². The van der Waals surface area contributed by atoms with Crippen molar-refractivity contribution in [2.75, 3.05) is 5.32 Å². The van der Waals surface area contributed by atoms with Crippen molar-refractivity contribution >= 4 is 17.4 Å². The van der Waals surface area contributed by atoms with Crippen molar-refractivity contribution in [3.05, 3.63) is 29.8 Å². The zero-order chi connectivity index (χ0) is 17.0. The fourth-order valence-corrected chi connectivity index (χ4v) is 4.10. The first-order chi connectivity index (χ1) is 11.6. The average Bonchev–Trinajstić information content (AvgIpc) is 2.83. The number of aliphatic hydroxyl groups is 1. The van der Waals surface area contributed by atoms with Gasteiger partial charge in [-0.2, -0.15) is 0 Å². The second kappa shape index (κ2) is 7.47. The molecule has 24 heavy (non-hydrogen) atoms. The standard InChI is InChI=1S/C20H27NO3/c22-18-14-8-6-4-2-1-3-5-7-12-16(18)20(24)15-11-9-10-13-17(15)21-19(20)23/h9-11,13,16,24H,1-8,12,14H2,(H,21,23)/t16-,20-/m1/s1. The van der Waals surface area contributed by atoms with Gasteiger partial charge in [0.1, 0.15) is 5.78 Å². The van der Waals surface area contributed by atoms with Gasteiger partial charge in [0, 0.05) is 17.7 Å². The molecule has 2 N–H and O–H groups in total. The molecule has 1 fully saturated rings. The van der Waals surface area contributed by atoms with Gasteiger partial charge in [-0.3, -0.25) is 9.59 Å². The number of ketones is 1. The van der Waals surface area contributed by atoms with E-state index in [4.69, 9.17) is 0 Å². The summed E-state index contributed by atoms with van der Waals surface area (Å²) in [7, 11) is 0. The van der Waals surface area contributed by atoms with Crippen molar-refractivity contribution in [2.24, 2.45) is 5.92 Å². The van der Waals surface area contributed by atoms with Crippen molar-refractivity contribution < 1.29 is 14.7 Å². The molecule has 1 aliphatic carbocycles. The number of rotatable bonds is 1. The third kappa shape index (κ3) is 3.25. The maximum atomic E-state index is 12.8. The van der Waals surface area contributed by atoms with Crippen LogP contribution >= 0.6 is 0 Å². The second-order valence-electron chi connectivity index (χ2n) is 7.15. The van der Waals surface area contributed by atoms with Crippen molar-refractivity contribution in [3.63, 3.8) is 0 Å². The monoisotopic (exact) mass is 329 g/mol. The third-order valence-corrected chi connectivity index (χ3v) is 5.49. The second-order valence-corrected chi connectivity index (χ2v) is 7.15. The molecule has 0 unspecified atom stereocenters. The van der Waals surface area contributed by atoms with E-state index < -0.39 is 17.4 Å². The molecule has 1 aromatic rings. The Morgan fingerprint density at radius 2 is 1.54 bits per heavy atom. The van der Waals surface area contributed by atoms with Crippen LogP contribution in [0.5, 0.6) is 0 Å². The summed E-state index contributed by atoms with van der Waals surface area (Å²) in [5, 5.41) is 14.0. The first kappa shape index (κ1) is 17.2. The zero-order valence-corrected chi connectivity index (χ0v) is 14.2. The van der Waals surface area contributed by atoms with Crippen molar-refractivity contribution in [1.29, 1.82) is 0 Å². The number of Topliss-reactive ketones (excluding diaryl/α,β-unsaturated/α-hetero) is 1. The van der Waals surface area contributed by atoms with Crippen LogP contribution in [0.15, 0.2) is 24.3 Å². The molecule has 1 saturated carbocycles. The molecule has 1 aliphatic heterocycles. The Balaban J connectivity index is 1.87. The summed E-state index contributed by atoms with van der Waals surface area (Å²) in [6.45, 7) is 0. The quantitative estimate of drug-likeness (QED) is 0.820. The van der Waals surface area contributed by atoms with Crippen LogP contribution in [0.4, 0.5) is 5.69 Å². The number of carbonyl (C=O) groups is 2. The van der Waals surface area contributed by atoms with Crippen LogP contribution in [-0.2, 0) is 15.2 Å². The predicted octanol–water partition coefficient (Wildman–Crippen LogP) is 3.93. The van der Waals surface area contributed by atoms with Gasteiger partial charge in [-0.1, -0.05) is 63.1 Å². The Bertz CT molecular complexity index is 613. The van der Waals surface area contributed by atoms with E-state index in [2.05, 4.69) is 5.32 Å². The van der Waals surface area contributed by atoms with E-state index in [9.17, 15) is 14.7 Å². The molecule has 130 valence electrons. The SMILES string of the molecule is O=C1CCCCCCCCCC[C@H]1[C@@]1(O)C(=O)Nc2ccccc21. The molecule has 0 radical (unpaired) electrons. The molecule has 4 heteroatoms. The largest absolute Gasteiger partial charge is 0.375 e. The minimum Gasteiger partial charge on any atom is -0.375 e. The van der Waals surface area contributed by atoms with Crippen molar-refractivity contribution in [1.82, 2.24) is 0 Å².